The number of anilines is 1. The van der Waals surface area contributed by atoms with Gasteiger partial charge in [0.25, 0.3) is 0 Å². The highest BCUT2D eigenvalue weighted by atomic mass is 79.9. The number of hydrogen-bond acceptors (Lipinski definition) is 4. The van der Waals surface area contributed by atoms with Gasteiger partial charge in [-0.15, -0.1) is 0 Å². The first-order chi connectivity index (χ1) is 9.56. The fourth-order valence-electron chi connectivity index (χ4n) is 2.74. The maximum absolute atomic E-state index is 10.6. The molecule has 0 amide bonds. The number of nitrogens with one attached hydrogen (secondary N) is 1. The van der Waals surface area contributed by atoms with Crippen molar-refractivity contribution in [2.45, 2.75) is 38.2 Å². The number of hydrogen-bond donors (Lipinski definition) is 2. The van der Waals surface area contributed by atoms with E-state index < -0.39 is 5.60 Å². The molecule has 5 nitrogen and oxygen atoms in total. The largest absolute Gasteiger partial charge is 0.388 e. The summed E-state index contributed by atoms with van der Waals surface area (Å²) in [5.41, 5.74) is 0.154. The zero-order valence-electron chi connectivity index (χ0n) is 11.5. The van der Waals surface area contributed by atoms with Crippen LogP contribution in [-0.2, 0) is 0 Å². The van der Waals surface area contributed by atoms with Crippen molar-refractivity contribution in [1.29, 1.82) is 0 Å². The quantitative estimate of drug-likeness (QED) is 0.903. The molecule has 0 aliphatic heterocycles. The Morgan fingerprint density at radius 1 is 1.50 bits per heavy atom. The van der Waals surface area contributed by atoms with Crippen LogP contribution < -0.4 is 5.32 Å². The molecule has 2 aromatic heterocycles. The predicted octanol–water partition coefficient (Wildman–Crippen LogP) is 2.84. The topological polar surface area (TPSA) is 62.5 Å². The molecule has 0 aromatic carbocycles. The summed E-state index contributed by atoms with van der Waals surface area (Å²) in [6, 6.07) is 0. The lowest BCUT2D eigenvalue weighted by molar-refractivity contribution is 0.00496. The summed E-state index contributed by atoms with van der Waals surface area (Å²) < 4.78 is 2.65. The lowest BCUT2D eigenvalue weighted by atomic mass is 9.79. The number of imidazole rings is 1. The monoisotopic (exact) mass is 338 g/mol. The Hall–Kier alpha value is -1.14. The van der Waals surface area contributed by atoms with Gasteiger partial charge >= 0.3 is 0 Å². The SMILES string of the molecule is CC1CCC(O)(CNc2nc(Br)cn3ccnc23)CC1. The van der Waals surface area contributed by atoms with Gasteiger partial charge < -0.3 is 14.8 Å². The molecule has 2 N–H and O–H groups in total. The van der Waals surface area contributed by atoms with E-state index in [2.05, 4.69) is 38.1 Å². The van der Waals surface area contributed by atoms with Crippen molar-refractivity contribution in [2.75, 3.05) is 11.9 Å². The molecule has 0 atom stereocenters. The highest BCUT2D eigenvalue weighted by Gasteiger charge is 2.31. The Kier molecular flexibility index (Phi) is 3.69. The lowest BCUT2D eigenvalue weighted by Gasteiger charge is -2.35. The second kappa shape index (κ2) is 5.33. The number of rotatable bonds is 3. The van der Waals surface area contributed by atoms with Gasteiger partial charge in [-0.05, 0) is 47.5 Å². The van der Waals surface area contributed by atoms with Crippen molar-refractivity contribution in [3.63, 3.8) is 0 Å². The lowest BCUT2D eigenvalue weighted by Crippen LogP contribution is -2.40. The summed E-state index contributed by atoms with van der Waals surface area (Å²) in [7, 11) is 0. The maximum atomic E-state index is 10.6. The van der Waals surface area contributed by atoms with Crippen molar-refractivity contribution in [3.05, 3.63) is 23.2 Å². The van der Waals surface area contributed by atoms with Crippen LogP contribution in [0, 0.1) is 5.92 Å². The van der Waals surface area contributed by atoms with Gasteiger partial charge in [-0.1, -0.05) is 6.92 Å². The van der Waals surface area contributed by atoms with Crippen molar-refractivity contribution >= 4 is 27.4 Å². The van der Waals surface area contributed by atoms with Gasteiger partial charge in [0, 0.05) is 25.1 Å². The minimum Gasteiger partial charge on any atom is -0.388 e. The third-order valence-electron chi connectivity index (χ3n) is 4.13. The third kappa shape index (κ3) is 2.81. The van der Waals surface area contributed by atoms with Gasteiger partial charge in [-0.3, -0.25) is 0 Å². The molecule has 1 fully saturated rings. The zero-order chi connectivity index (χ0) is 14.2. The molecule has 0 bridgehead atoms. The van der Waals surface area contributed by atoms with Gasteiger partial charge in [0.1, 0.15) is 4.60 Å². The van der Waals surface area contributed by atoms with Crippen LogP contribution in [0.1, 0.15) is 32.6 Å². The second-order valence-corrected chi connectivity index (χ2v) is 6.64. The Labute approximate surface area is 126 Å². The Balaban J connectivity index is 1.75. The first-order valence-corrected chi connectivity index (χ1v) is 7.80. The van der Waals surface area contributed by atoms with E-state index >= 15 is 0 Å². The van der Waals surface area contributed by atoms with Crippen LogP contribution in [0.3, 0.4) is 0 Å². The molecular formula is C14H19BrN4O. The van der Waals surface area contributed by atoms with E-state index in [0.29, 0.717) is 12.4 Å². The molecule has 0 radical (unpaired) electrons. The van der Waals surface area contributed by atoms with Gasteiger partial charge in [0.15, 0.2) is 11.5 Å². The molecule has 0 unspecified atom stereocenters. The van der Waals surface area contributed by atoms with E-state index in [-0.39, 0.29) is 0 Å². The first-order valence-electron chi connectivity index (χ1n) is 7.01. The molecule has 0 spiro atoms. The van der Waals surface area contributed by atoms with Crippen LogP contribution in [0.4, 0.5) is 5.82 Å². The van der Waals surface area contributed by atoms with Gasteiger partial charge in [-0.2, -0.15) is 0 Å². The predicted molar refractivity (Wildman–Crippen MR) is 81.8 cm³/mol. The number of nitrogens with zero attached hydrogens (tertiary/aromatic N) is 3. The number of fused-ring (bicyclic) bond motifs is 1. The molecule has 20 heavy (non-hydrogen) atoms. The van der Waals surface area contributed by atoms with Crippen molar-refractivity contribution < 1.29 is 5.11 Å². The summed E-state index contributed by atoms with van der Waals surface area (Å²) in [5, 5.41) is 13.9. The Morgan fingerprint density at radius 2 is 2.25 bits per heavy atom. The highest BCUT2D eigenvalue weighted by molar-refractivity contribution is 9.10. The molecular weight excluding hydrogens is 320 g/mol. The molecule has 1 aliphatic carbocycles. The van der Waals surface area contributed by atoms with Crippen LogP contribution in [0.5, 0.6) is 0 Å². The van der Waals surface area contributed by atoms with E-state index in [1.165, 1.54) is 0 Å². The van der Waals surface area contributed by atoms with E-state index in [9.17, 15) is 5.11 Å². The minimum atomic E-state index is -0.625. The van der Waals surface area contributed by atoms with E-state index in [0.717, 1.165) is 41.9 Å². The van der Waals surface area contributed by atoms with E-state index in [4.69, 9.17) is 0 Å². The summed E-state index contributed by atoms with van der Waals surface area (Å²) in [6.07, 6.45) is 9.35. The normalized spacial score (nSPS) is 26.9. The number of aromatic nitrogens is 3. The van der Waals surface area contributed by atoms with Crippen molar-refractivity contribution in [1.82, 2.24) is 14.4 Å². The van der Waals surface area contributed by atoms with E-state index in [1.807, 2.05) is 16.8 Å². The van der Waals surface area contributed by atoms with Crippen LogP contribution in [0.15, 0.2) is 23.2 Å². The second-order valence-electron chi connectivity index (χ2n) is 5.83. The summed E-state index contributed by atoms with van der Waals surface area (Å²) in [6.45, 7) is 2.77. The summed E-state index contributed by atoms with van der Waals surface area (Å²) in [5.74, 6) is 1.43. The number of aliphatic hydroxyl groups is 1. The Morgan fingerprint density at radius 3 is 3.00 bits per heavy atom. The standard InChI is InChI=1S/C14H19BrN4O/c1-10-2-4-14(20,5-3-10)9-17-12-13-16-6-7-19(13)8-11(15)18-12/h6-8,10,20H,2-5,9H2,1H3,(H,17,18). The van der Waals surface area contributed by atoms with Gasteiger partial charge in [-0.25, -0.2) is 9.97 Å². The highest BCUT2D eigenvalue weighted by Crippen LogP contribution is 2.32. The number of halogens is 1. The summed E-state index contributed by atoms with van der Waals surface area (Å²) in [4.78, 5) is 8.71. The molecule has 108 valence electrons. The smallest absolute Gasteiger partial charge is 0.180 e. The minimum absolute atomic E-state index is 0.520. The molecule has 1 aliphatic rings. The average molecular weight is 339 g/mol. The van der Waals surface area contributed by atoms with Crippen LogP contribution >= 0.6 is 15.9 Å². The average Bonchev–Trinajstić information content (AvgIpc) is 2.88. The first kappa shape index (κ1) is 13.8. The molecule has 1 saturated carbocycles. The van der Waals surface area contributed by atoms with Crippen LogP contribution in [0.2, 0.25) is 0 Å². The zero-order valence-corrected chi connectivity index (χ0v) is 13.1. The molecule has 2 aromatic rings. The van der Waals surface area contributed by atoms with Crippen molar-refractivity contribution in [3.8, 4) is 0 Å². The molecule has 3 rings (SSSR count). The third-order valence-corrected chi connectivity index (χ3v) is 4.52. The molecule has 6 heteroatoms. The van der Waals surface area contributed by atoms with Crippen LogP contribution in [-0.4, -0.2) is 31.6 Å². The fourth-order valence-corrected chi connectivity index (χ4v) is 3.14. The van der Waals surface area contributed by atoms with Gasteiger partial charge in [0.2, 0.25) is 0 Å². The maximum Gasteiger partial charge on any atom is 0.180 e. The fraction of sp³-hybridized carbons (Fsp3) is 0.571. The summed E-state index contributed by atoms with van der Waals surface area (Å²) >= 11 is 3.39. The molecule has 2 heterocycles. The Bertz CT molecular complexity index is 604. The van der Waals surface area contributed by atoms with Gasteiger partial charge in [0.05, 0.1) is 5.60 Å². The van der Waals surface area contributed by atoms with E-state index in [1.54, 1.807) is 6.20 Å². The molecule has 0 saturated heterocycles. The van der Waals surface area contributed by atoms with Crippen LogP contribution in [0.25, 0.3) is 5.65 Å². The van der Waals surface area contributed by atoms with Crippen molar-refractivity contribution in [2.24, 2.45) is 5.92 Å².